The van der Waals surface area contributed by atoms with E-state index in [2.05, 4.69) is 17.2 Å². The number of benzene rings is 1. The molecule has 0 saturated heterocycles. The van der Waals surface area contributed by atoms with Gasteiger partial charge in [-0.2, -0.15) is 0 Å². The van der Waals surface area contributed by atoms with Crippen LogP contribution in [0.2, 0.25) is 0 Å². The highest BCUT2D eigenvalue weighted by atomic mass is 16.2. The highest BCUT2D eigenvalue weighted by Crippen LogP contribution is 2.26. The van der Waals surface area contributed by atoms with Crippen LogP contribution in [0.4, 0.5) is 0 Å². The van der Waals surface area contributed by atoms with Crippen LogP contribution in [-0.2, 0) is 0 Å². The van der Waals surface area contributed by atoms with Gasteiger partial charge in [-0.05, 0) is 43.0 Å². The predicted molar refractivity (Wildman–Crippen MR) is 84.1 cm³/mol. The van der Waals surface area contributed by atoms with Crippen LogP contribution in [0.25, 0.3) is 0 Å². The zero-order valence-corrected chi connectivity index (χ0v) is 12.6. The Kier molecular flexibility index (Phi) is 5.83. The van der Waals surface area contributed by atoms with Crippen LogP contribution >= 0.6 is 0 Å². The second-order valence-corrected chi connectivity index (χ2v) is 5.74. The summed E-state index contributed by atoms with van der Waals surface area (Å²) in [6.07, 6.45) is 6.36. The summed E-state index contributed by atoms with van der Waals surface area (Å²) in [4.78, 5) is 12.2. The van der Waals surface area contributed by atoms with E-state index in [1.807, 2.05) is 19.1 Å². The average Bonchev–Trinajstić information content (AvgIpc) is 2.97. The summed E-state index contributed by atoms with van der Waals surface area (Å²) in [5.41, 5.74) is 2.41. The Morgan fingerprint density at radius 2 is 2.10 bits per heavy atom. The summed E-state index contributed by atoms with van der Waals surface area (Å²) < 4.78 is 0. The van der Waals surface area contributed by atoms with Gasteiger partial charge >= 0.3 is 0 Å². The lowest BCUT2D eigenvalue weighted by atomic mass is 10.0. The summed E-state index contributed by atoms with van der Waals surface area (Å²) in [5.74, 6) is 6.21. The highest BCUT2D eigenvalue weighted by molar-refractivity contribution is 5.94. The first kappa shape index (κ1) is 15.6. The van der Waals surface area contributed by atoms with Gasteiger partial charge in [0.25, 0.3) is 5.91 Å². The molecule has 1 aliphatic rings. The lowest BCUT2D eigenvalue weighted by molar-refractivity contribution is 0.0951. The summed E-state index contributed by atoms with van der Waals surface area (Å²) in [7, 11) is 0. The van der Waals surface area contributed by atoms with Gasteiger partial charge in [-0.1, -0.05) is 37.5 Å². The predicted octanol–water partition coefficient (Wildman–Crippen LogP) is 2.65. The molecule has 1 fully saturated rings. The van der Waals surface area contributed by atoms with E-state index in [0.717, 1.165) is 30.0 Å². The molecule has 112 valence electrons. The minimum absolute atomic E-state index is 0.0382. The molecule has 0 aromatic heterocycles. The largest absolute Gasteiger partial charge is 0.384 e. The van der Waals surface area contributed by atoms with Crippen molar-refractivity contribution in [3.05, 3.63) is 34.9 Å². The first-order chi connectivity index (χ1) is 10.2. The highest BCUT2D eigenvalue weighted by Gasteiger charge is 2.15. The van der Waals surface area contributed by atoms with Crippen LogP contribution < -0.4 is 5.32 Å². The first-order valence-electron chi connectivity index (χ1n) is 7.68. The third-order valence-electron chi connectivity index (χ3n) is 3.96. The third-order valence-corrected chi connectivity index (χ3v) is 3.96. The topological polar surface area (TPSA) is 49.3 Å². The molecule has 1 saturated carbocycles. The van der Waals surface area contributed by atoms with Gasteiger partial charge < -0.3 is 10.4 Å². The molecule has 0 aliphatic heterocycles. The number of aryl methyl sites for hydroxylation is 1. The van der Waals surface area contributed by atoms with Crippen molar-refractivity contribution < 1.29 is 9.90 Å². The SMILES string of the molecule is Cc1cc(C#CCO)cc(C(=O)NCCC2CCCC2)c1. The number of amides is 1. The van der Waals surface area contributed by atoms with E-state index in [9.17, 15) is 4.79 Å². The average molecular weight is 285 g/mol. The fourth-order valence-corrected chi connectivity index (χ4v) is 2.92. The van der Waals surface area contributed by atoms with Gasteiger partial charge in [-0.25, -0.2) is 0 Å². The number of hydrogen-bond acceptors (Lipinski definition) is 2. The number of carbonyl (C=O) groups is 1. The number of rotatable bonds is 4. The normalized spacial score (nSPS) is 14.6. The van der Waals surface area contributed by atoms with Gasteiger partial charge in [0.15, 0.2) is 0 Å². The minimum atomic E-state index is -0.170. The van der Waals surface area contributed by atoms with Crippen LogP contribution in [-0.4, -0.2) is 24.2 Å². The number of nitrogens with one attached hydrogen (secondary N) is 1. The maximum absolute atomic E-state index is 12.2. The molecule has 0 bridgehead atoms. The Hall–Kier alpha value is -1.79. The maximum atomic E-state index is 12.2. The molecular weight excluding hydrogens is 262 g/mol. The second kappa shape index (κ2) is 7.85. The second-order valence-electron chi connectivity index (χ2n) is 5.74. The van der Waals surface area contributed by atoms with Gasteiger partial charge in [-0.15, -0.1) is 0 Å². The van der Waals surface area contributed by atoms with Crippen molar-refractivity contribution >= 4 is 5.91 Å². The molecule has 1 aliphatic carbocycles. The van der Waals surface area contributed by atoms with E-state index in [1.165, 1.54) is 25.7 Å². The molecule has 3 nitrogen and oxygen atoms in total. The monoisotopic (exact) mass is 285 g/mol. The Bertz CT molecular complexity index is 548. The summed E-state index contributed by atoms with van der Waals surface area (Å²) in [5, 5.41) is 11.7. The maximum Gasteiger partial charge on any atom is 0.251 e. The van der Waals surface area contributed by atoms with Crippen LogP contribution in [0.5, 0.6) is 0 Å². The summed E-state index contributed by atoms with van der Waals surface area (Å²) in [6.45, 7) is 2.52. The molecule has 3 heteroatoms. The Balaban J connectivity index is 1.93. The molecule has 0 atom stereocenters. The van der Waals surface area contributed by atoms with Crippen molar-refractivity contribution in [1.29, 1.82) is 0 Å². The Labute approximate surface area is 126 Å². The van der Waals surface area contributed by atoms with Crippen molar-refractivity contribution in [3.8, 4) is 11.8 Å². The van der Waals surface area contributed by atoms with Crippen LogP contribution in [0, 0.1) is 24.7 Å². The van der Waals surface area contributed by atoms with Crippen molar-refractivity contribution in [2.24, 2.45) is 5.92 Å². The van der Waals surface area contributed by atoms with Crippen LogP contribution in [0.15, 0.2) is 18.2 Å². The van der Waals surface area contributed by atoms with Gasteiger partial charge in [0.05, 0.1) is 0 Å². The van der Waals surface area contributed by atoms with Crippen LogP contribution in [0.1, 0.15) is 53.6 Å². The number of carbonyl (C=O) groups excluding carboxylic acids is 1. The van der Waals surface area contributed by atoms with Crippen molar-refractivity contribution in [2.45, 2.75) is 39.0 Å². The zero-order chi connectivity index (χ0) is 15.1. The molecule has 1 aromatic rings. The quantitative estimate of drug-likeness (QED) is 0.836. The molecule has 0 spiro atoms. The van der Waals surface area contributed by atoms with E-state index in [-0.39, 0.29) is 12.5 Å². The number of aliphatic hydroxyl groups excluding tert-OH is 1. The first-order valence-corrected chi connectivity index (χ1v) is 7.68. The lowest BCUT2D eigenvalue weighted by Gasteiger charge is -2.10. The van der Waals surface area contributed by atoms with Crippen molar-refractivity contribution in [2.75, 3.05) is 13.2 Å². The van der Waals surface area contributed by atoms with Gasteiger partial charge in [0, 0.05) is 17.7 Å². The van der Waals surface area contributed by atoms with Gasteiger partial charge in [0.2, 0.25) is 0 Å². The van der Waals surface area contributed by atoms with E-state index < -0.39 is 0 Å². The van der Waals surface area contributed by atoms with E-state index in [4.69, 9.17) is 5.11 Å². The minimum Gasteiger partial charge on any atom is -0.384 e. The van der Waals surface area contributed by atoms with Crippen LogP contribution in [0.3, 0.4) is 0 Å². The van der Waals surface area contributed by atoms with Crippen molar-refractivity contribution in [1.82, 2.24) is 5.32 Å². The standard InChI is InChI=1S/C18H23NO2/c1-14-11-16(7-4-10-20)13-17(12-14)18(21)19-9-8-15-5-2-3-6-15/h11-13,15,20H,2-3,5-6,8-10H2,1H3,(H,19,21). The molecule has 0 unspecified atom stereocenters. The zero-order valence-electron chi connectivity index (χ0n) is 12.6. The number of aliphatic hydroxyl groups is 1. The molecule has 2 N–H and O–H groups in total. The van der Waals surface area contributed by atoms with Gasteiger partial charge in [-0.3, -0.25) is 4.79 Å². The Morgan fingerprint density at radius 3 is 2.81 bits per heavy atom. The number of hydrogen-bond donors (Lipinski definition) is 2. The Morgan fingerprint density at radius 1 is 1.33 bits per heavy atom. The van der Waals surface area contributed by atoms with Gasteiger partial charge in [0.1, 0.15) is 6.61 Å². The third kappa shape index (κ3) is 4.91. The molecule has 0 radical (unpaired) electrons. The van der Waals surface area contributed by atoms with E-state index in [1.54, 1.807) is 6.07 Å². The summed E-state index contributed by atoms with van der Waals surface area (Å²) in [6, 6.07) is 5.56. The molecule has 2 rings (SSSR count). The molecule has 0 heterocycles. The lowest BCUT2D eigenvalue weighted by Crippen LogP contribution is -2.25. The molecule has 1 amide bonds. The molecular formula is C18H23NO2. The van der Waals surface area contributed by atoms with Crippen molar-refractivity contribution in [3.63, 3.8) is 0 Å². The fraction of sp³-hybridized carbons (Fsp3) is 0.500. The fourth-order valence-electron chi connectivity index (χ4n) is 2.92. The molecule has 1 aromatic carbocycles. The summed E-state index contributed by atoms with van der Waals surface area (Å²) >= 11 is 0. The van der Waals surface area contributed by atoms with E-state index >= 15 is 0 Å². The van der Waals surface area contributed by atoms with E-state index in [0.29, 0.717) is 5.56 Å². The molecule has 21 heavy (non-hydrogen) atoms. The smallest absolute Gasteiger partial charge is 0.251 e.